The summed E-state index contributed by atoms with van der Waals surface area (Å²) in [6.07, 6.45) is 0. The Morgan fingerprint density at radius 1 is 1.43 bits per heavy atom. The number of anilines is 1. The minimum absolute atomic E-state index is 0.114. The van der Waals surface area contributed by atoms with Crippen LogP contribution in [0.5, 0.6) is 0 Å². The number of hydrogen-bond donors (Lipinski definition) is 3. The van der Waals surface area contributed by atoms with E-state index in [0.29, 0.717) is 0 Å². The van der Waals surface area contributed by atoms with Crippen molar-refractivity contribution in [2.45, 2.75) is 24.8 Å². The minimum atomic E-state index is -3.97. The number of nitrogens with zero attached hydrogens (tertiary/aromatic N) is 1. The summed E-state index contributed by atoms with van der Waals surface area (Å²) in [5.74, 6) is -0.483. The second-order valence-electron chi connectivity index (χ2n) is 4.52. The number of carbonyl (C=O) groups excluding carboxylic acids is 1. The van der Waals surface area contributed by atoms with Gasteiger partial charge in [-0.15, -0.1) is 0 Å². The van der Waals surface area contributed by atoms with Crippen LogP contribution in [-0.4, -0.2) is 31.8 Å². The lowest BCUT2D eigenvalue weighted by atomic mass is 10.3. The first kappa shape index (κ1) is 16.9. The highest BCUT2D eigenvalue weighted by Crippen LogP contribution is 2.24. The maximum atomic E-state index is 11.9. The van der Waals surface area contributed by atoms with Crippen LogP contribution in [0.15, 0.2) is 23.1 Å². The number of nitro groups is 1. The van der Waals surface area contributed by atoms with Crippen LogP contribution in [0.2, 0.25) is 0 Å². The second-order valence-corrected chi connectivity index (χ2v) is 6.29. The molecule has 1 rings (SSSR count). The monoisotopic (exact) mass is 316 g/mol. The summed E-state index contributed by atoms with van der Waals surface area (Å²) in [6.45, 7) is 3.05. The van der Waals surface area contributed by atoms with Crippen molar-refractivity contribution in [1.29, 1.82) is 0 Å². The van der Waals surface area contributed by atoms with Crippen LogP contribution in [0, 0.1) is 10.1 Å². The summed E-state index contributed by atoms with van der Waals surface area (Å²) in [5, 5.41) is 13.1. The van der Waals surface area contributed by atoms with Crippen molar-refractivity contribution >= 4 is 27.3 Å². The van der Waals surface area contributed by atoms with E-state index in [4.69, 9.17) is 5.73 Å². The first-order valence-corrected chi connectivity index (χ1v) is 7.44. The van der Waals surface area contributed by atoms with E-state index >= 15 is 0 Å². The number of carbonyl (C=O) groups is 1. The molecular formula is C11H16N4O5S. The molecule has 0 saturated heterocycles. The zero-order valence-corrected chi connectivity index (χ0v) is 12.3. The Bertz CT molecular complexity index is 657. The fraction of sp³-hybridized carbons (Fsp3) is 0.364. The van der Waals surface area contributed by atoms with Crippen LogP contribution in [0.4, 0.5) is 11.4 Å². The first-order valence-electron chi connectivity index (χ1n) is 5.96. The Kier molecular flexibility index (Phi) is 5.22. The molecule has 0 radical (unpaired) electrons. The Morgan fingerprint density at radius 2 is 2.05 bits per heavy atom. The van der Waals surface area contributed by atoms with E-state index in [2.05, 4.69) is 10.0 Å². The molecule has 9 nitrogen and oxygen atoms in total. The smallest absolute Gasteiger partial charge is 0.292 e. The highest BCUT2D eigenvalue weighted by molar-refractivity contribution is 7.89. The van der Waals surface area contributed by atoms with Gasteiger partial charge in [0.05, 0.1) is 16.4 Å². The van der Waals surface area contributed by atoms with Crippen LogP contribution < -0.4 is 15.8 Å². The summed E-state index contributed by atoms with van der Waals surface area (Å²) >= 11 is 0. The maximum Gasteiger partial charge on any atom is 0.292 e. The van der Waals surface area contributed by atoms with Crippen LogP contribution in [0.25, 0.3) is 0 Å². The third-order valence-corrected chi connectivity index (χ3v) is 3.78. The molecule has 0 atom stereocenters. The lowest BCUT2D eigenvalue weighted by Gasteiger charge is -2.10. The molecule has 0 bridgehead atoms. The lowest BCUT2D eigenvalue weighted by molar-refractivity contribution is -0.383. The van der Waals surface area contributed by atoms with Crippen LogP contribution in [0.1, 0.15) is 13.8 Å². The van der Waals surface area contributed by atoms with E-state index in [1.54, 1.807) is 13.8 Å². The molecule has 0 fully saturated rings. The molecule has 0 aromatic heterocycles. The van der Waals surface area contributed by atoms with Crippen LogP contribution in [-0.2, 0) is 14.8 Å². The number of amides is 1. The topological polar surface area (TPSA) is 144 Å². The molecule has 0 spiro atoms. The molecule has 0 aliphatic rings. The molecule has 0 aliphatic heterocycles. The van der Waals surface area contributed by atoms with Crippen molar-refractivity contribution in [3.05, 3.63) is 28.3 Å². The van der Waals surface area contributed by atoms with Gasteiger partial charge >= 0.3 is 0 Å². The van der Waals surface area contributed by atoms with Gasteiger partial charge in [0.2, 0.25) is 15.9 Å². The van der Waals surface area contributed by atoms with Gasteiger partial charge in [-0.2, -0.15) is 0 Å². The molecule has 1 aromatic carbocycles. The largest absolute Gasteiger partial charge is 0.393 e. The second kappa shape index (κ2) is 6.50. The molecular weight excluding hydrogens is 300 g/mol. The summed E-state index contributed by atoms with van der Waals surface area (Å²) in [6, 6.07) is 2.91. The predicted molar refractivity (Wildman–Crippen MR) is 76.0 cm³/mol. The maximum absolute atomic E-state index is 11.9. The first-order chi connectivity index (χ1) is 9.63. The van der Waals surface area contributed by atoms with Gasteiger partial charge in [0.25, 0.3) is 5.69 Å². The Hall–Kier alpha value is -2.20. The fourth-order valence-corrected chi connectivity index (χ4v) is 2.50. The van der Waals surface area contributed by atoms with Crippen molar-refractivity contribution in [2.24, 2.45) is 0 Å². The van der Waals surface area contributed by atoms with Gasteiger partial charge in [-0.25, -0.2) is 13.1 Å². The number of nitrogens with one attached hydrogen (secondary N) is 2. The third-order valence-electron chi connectivity index (χ3n) is 2.38. The normalized spacial score (nSPS) is 11.4. The Balaban J connectivity index is 2.86. The Morgan fingerprint density at radius 3 is 2.52 bits per heavy atom. The van der Waals surface area contributed by atoms with Crippen LogP contribution >= 0.6 is 0 Å². The van der Waals surface area contributed by atoms with Crippen LogP contribution in [0.3, 0.4) is 0 Å². The molecule has 0 aliphatic carbocycles. The summed E-state index contributed by atoms with van der Waals surface area (Å²) in [4.78, 5) is 21.0. The molecule has 21 heavy (non-hydrogen) atoms. The zero-order chi connectivity index (χ0) is 16.2. The fourth-order valence-electron chi connectivity index (χ4n) is 1.48. The Labute approximate surface area is 121 Å². The van der Waals surface area contributed by atoms with Gasteiger partial charge in [0, 0.05) is 12.1 Å². The minimum Gasteiger partial charge on any atom is -0.393 e. The van der Waals surface area contributed by atoms with Crippen molar-refractivity contribution < 1.29 is 18.1 Å². The molecule has 10 heteroatoms. The molecule has 0 saturated carbocycles. The number of sulfonamides is 1. The molecule has 1 aromatic rings. The van der Waals surface area contributed by atoms with E-state index in [0.717, 1.165) is 18.2 Å². The number of rotatable bonds is 6. The van der Waals surface area contributed by atoms with Gasteiger partial charge in [0.15, 0.2) is 0 Å². The zero-order valence-electron chi connectivity index (χ0n) is 11.5. The number of nitro benzene ring substituents is 1. The predicted octanol–water partition coefficient (Wildman–Crippen LogP) is -0.0201. The van der Waals surface area contributed by atoms with Crippen molar-refractivity contribution in [3.8, 4) is 0 Å². The number of benzene rings is 1. The van der Waals surface area contributed by atoms with E-state index < -0.39 is 27.4 Å². The summed E-state index contributed by atoms with van der Waals surface area (Å²) in [7, 11) is -3.97. The third kappa shape index (κ3) is 4.68. The van der Waals surface area contributed by atoms with E-state index in [-0.39, 0.29) is 22.3 Å². The lowest BCUT2D eigenvalue weighted by Crippen LogP contribution is -2.39. The number of hydrogen-bond acceptors (Lipinski definition) is 6. The van der Waals surface area contributed by atoms with Gasteiger partial charge in [-0.1, -0.05) is 0 Å². The summed E-state index contributed by atoms with van der Waals surface area (Å²) in [5.41, 5.74) is 4.78. The average molecular weight is 316 g/mol. The highest BCUT2D eigenvalue weighted by atomic mass is 32.2. The van der Waals surface area contributed by atoms with Gasteiger partial charge < -0.3 is 11.1 Å². The van der Waals surface area contributed by atoms with Crippen molar-refractivity contribution in [1.82, 2.24) is 10.0 Å². The van der Waals surface area contributed by atoms with Gasteiger partial charge in [0.1, 0.15) is 5.69 Å². The molecule has 0 heterocycles. The van der Waals surface area contributed by atoms with Crippen molar-refractivity contribution in [2.75, 3.05) is 12.3 Å². The van der Waals surface area contributed by atoms with Gasteiger partial charge in [-0.3, -0.25) is 14.9 Å². The van der Waals surface area contributed by atoms with E-state index in [1.807, 2.05) is 0 Å². The molecule has 0 unspecified atom stereocenters. The highest BCUT2D eigenvalue weighted by Gasteiger charge is 2.19. The SMILES string of the molecule is CC(C)NC(=O)CNS(=O)(=O)c1ccc([N+](=O)[O-])c(N)c1. The standard InChI is InChI=1S/C11H16N4O5S/c1-7(2)14-11(16)6-13-21(19,20)8-3-4-10(15(17)18)9(12)5-8/h3-5,7,13H,6,12H2,1-2H3,(H,14,16). The molecule has 116 valence electrons. The van der Waals surface area contributed by atoms with E-state index in [9.17, 15) is 23.3 Å². The molecule has 4 N–H and O–H groups in total. The number of nitrogen functional groups attached to an aromatic ring is 1. The quantitative estimate of drug-likeness (QED) is 0.382. The molecule has 1 amide bonds. The number of nitrogens with two attached hydrogens (primary N) is 1. The van der Waals surface area contributed by atoms with Crippen molar-refractivity contribution in [3.63, 3.8) is 0 Å². The van der Waals surface area contributed by atoms with Gasteiger partial charge in [-0.05, 0) is 26.0 Å². The average Bonchev–Trinajstić information content (AvgIpc) is 2.35. The summed E-state index contributed by atoms with van der Waals surface area (Å²) < 4.78 is 26.0. The van der Waals surface area contributed by atoms with E-state index in [1.165, 1.54) is 0 Å².